The van der Waals surface area contributed by atoms with Crippen LogP contribution in [0.3, 0.4) is 0 Å². The fraction of sp³-hybridized carbons (Fsp3) is 0.0625. The van der Waals surface area contributed by atoms with Crippen LogP contribution in [0.5, 0.6) is 0 Å². The molecular formula is C16H11ClN4OS. The van der Waals surface area contributed by atoms with E-state index in [0.717, 1.165) is 21.6 Å². The van der Waals surface area contributed by atoms with Crippen molar-refractivity contribution in [2.45, 2.75) is 10.9 Å². The van der Waals surface area contributed by atoms with Crippen LogP contribution in [-0.2, 0) is 5.75 Å². The summed E-state index contributed by atoms with van der Waals surface area (Å²) in [5.41, 5.74) is 2.62. The van der Waals surface area contributed by atoms with Gasteiger partial charge in [0, 0.05) is 10.8 Å². The van der Waals surface area contributed by atoms with Crippen LogP contribution in [0.25, 0.3) is 17.1 Å². The van der Waals surface area contributed by atoms with Crippen molar-refractivity contribution in [1.82, 2.24) is 19.8 Å². The Morgan fingerprint density at radius 1 is 1.04 bits per heavy atom. The maximum atomic E-state index is 5.90. The zero-order chi connectivity index (χ0) is 15.6. The Bertz CT molecular complexity index is 935. The number of hydrogen-bond acceptors (Lipinski definition) is 5. The lowest BCUT2D eigenvalue weighted by Gasteiger charge is -2.02. The average molecular weight is 343 g/mol. The minimum Gasteiger partial charge on any atom is -0.463 e. The lowest BCUT2D eigenvalue weighted by Crippen LogP contribution is -1.96. The van der Waals surface area contributed by atoms with Gasteiger partial charge in [0.25, 0.3) is 0 Å². The molecule has 0 spiro atoms. The van der Waals surface area contributed by atoms with E-state index in [0.29, 0.717) is 11.4 Å². The number of benzene rings is 1. The van der Waals surface area contributed by atoms with Gasteiger partial charge in [-0.1, -0.05) is 35.5 Å². The zero-order valence-corrected chi connectivity index (χ0v) is 13.5. The van der Waals surface area contributed by atoms with Gasteiger partial charge in [0.2, 0.25) is 5.16 Å². The van der Waals surface area contributed by atoms with E-state index >= 15 is 0 Å². The molecule has 23 heavy (non-hydrogen) atoms. The zero-order valence-electron chi connectivity index (χ0n) is 11.9. The van der Waals surface area contributed by atoms with Gasteiger partial charge < -0.3 is 4.42 Å². The fourth-order valence-electron chi connectivity index (χ4n) is 2.14. The number of thioether (sulfide) groups is 1. The summed E-state index contributed by atoms with van der Waals surface area (Å²) >= 11 is 7.48. The molecule has 4 aromatic rings. The highest BCUT2D eigenvalue weighted by Gasteiger charge is 2.10. The largest absolute Gasteiger partial charge is 0.463 e. The average Bonchev–Trinajstić information content (AvgIpc) is 3.24. The summed E-state index contributed by atoms with van der Waals surface area (Å²) in [4.78, 5) is 0. The van der Waals surface area contributed by atoms with Crippen LogP contribution in [0.15, 0.2) is 64.4 Å². The molecule has 0 bridgehead atoms. The van der Waals surface area contributed by atoms with E-state index in [9.17, 15) is 0 Å². The number of fused-ring (bicyclic) bond motifs is 1. The van der Waals surface area contributed by atoms with Crippen molar-refractivity contribution in [2.24, 2.45) is 0 Å². The van der Waals surface area contributed by atoms with Gasteiger partial charge in [0.15, 0.2) is 11.4 Å². The molecule has 0 fully saturated rings. The number of furan rings is 1. The second-order valence-electron chi connectivity index (χ2n) is 4.86. The SMILES string of the molecule is Clc1ccc(CSc2nnc3ccc(-c4ccco4)nn23)cc1. The van der Waals surface area contributed by atoms with Gasteiger partial charge in [0.1, 0.15) is 5.69 Å². The summed E-state index contributed by atoms with van der Waals surface area (Å²) in [6, 6.07) is 15.2. The highest BCUT2D eigenvalue weighted by atomic mass is 35.5. The van der Waals surface area contributed by atoms with Crippen LogP contribution in [0.1, 0.15) is 5.56 Å². The quantitative estimate of drug-likeness (QED) is 0.517. The van der Waals surface area contributed by atoms with Crippen LogP contribution < -0.4 is 0 Å². The third kappa shape index (κ3) is 2.95. The van der Waals surface area contributed by atoms with Crippen molar-refractivity contribution in [3.05, 3.63) is 65.4 Å². The molecule has 0 amide bonds. The van der Waals surface area contributed by atoms with E-state index in [2.05, 4.69) is 15.3 Å². The molecule has 0 unspecified atom stereocenters. The first-order valence-corrected chi connectivity index (χ1v) is 8.29. The van der Waals surface area contributed by atoms with Crippen molar-refractivity contribution < 1.29 is 4.42 Å². The molecule has 0 aliphatic rings. The molecule has 3 heterocycles. The molecule has 3 aromatic heterocycles. The molecule has 114 valence electrons. The third-order valence-electron chi connectivity index (χ3n) is 3.29. The Balaban J connectivity index is 1.62. The molecule has 0 saturated heterocycles. The van der Waals surface area contributed by atoms with E-state index < -0.39 is 0 Å². The van der Waals surface area contributed by atoms with Crippen molar-refractivity contribution in [3.63, 3.8) is 0 Å². The fourth-order valence-corrected chi connectivity index (χ4v) is 3.11. The summed E-state index contributed by atoms with van der Waals surface area (Å²) in [6.07, 6.45) is 1.63. The number of aromatic nitrogens is 4. The summed E-state index contributed by atoms with van der Waals surface area (Å²) < 4.78 is 7.12. The number of halogens is 1. The normalized spacial score (nSPS) is 11.2. The van der Waals surface area contributed by atoms with Crippen molar-refractivity contribution in [3.8, 4) is 11.5 Å². The van der Waals surface area contributed by atoms with E-state index in [-0.39, 0.29) is 0 Å². The van der Waals surface area contributed by atoms with Crippen molar-refractivity contribution in [2.75, 3.05) is 0 Å². The van der Waals surface area contributed by atoms with Gasteiger partial charge in [-0.3, -0.25) is 0 Å². The van der Waals surface area contributed by atoms with Crippen molar-refractivity contribution in [1.29, 1.82) is 0 Å². The lowest BCUT2D eigenvalue weighted by molar-refractivity contribution is 0.577. The molecule has 0 aliphatic heterocycles. The van der Waals surface area contributed by atoms with Crippen LogP contribution in [-0.4, -0.2) is 19.8 Å². The molecule has 0 saturated carbocycles. The molecule has 1 aromatic carbocycles. The van der Waals surface area contributed by atoms with Gasteiger partial charge in [0.05, 0.1) is 6.26 Å². The van der Waals surface area contributed by atoms with Gasteiger partial charge >= 0.3 is 0 Å². The summed E-state index contributed by atoms with van der Waals surface area (Å²) in [6.45, 7) is 0. The topological polar surface area (TPSA) is 56.2 Å². The molecular weight excluding hydrogens is 332 g/mol. The first-order valence-electron chi connectivity index (χ1n) is 6.93. The van der Waals surface area contributed by atoms with Crippen LogP contribution in [0, 0.1) is 0 Å². The molecule has 0 atom stereocenters. The van der Waals surface area contributed by atoms with E-state index in [1.165, 1.54) is 5.56 Å². The maximum absolute atomic E-state index is 5.90. The second-order valence-corrected chi connectivity index (χ2v) is 6.24. The molecule has 7 heteroatoms. The Morgan fingerprint density at radius 3 is 2.70 bits per heavy atom. The van der Waals surface area contributed by atoms with Gasteiger partial charge in [-0.15, -0.1) is 10.2 Å². The Kier molecular flexibility index (Phi) is 3.77. The van der Waals surface area contributed by atoms with E-state index in [1.807, 2.05) is 48.5 Å². The second kappa shape index (κ2) is 6.06. The predicted molar refractivity (Wildman–Crippen MR) is 89.5 cm³/mol. The Morgan fingerprint density at radius 2 is 1.91 bits per heavy atom. The summed E-state index contributed by atoms with van der Waals surface area (Å²) in [5.74, 6) is 1.49. The summed E-state index contributed by atoms with van der Waals surface area (Å²) in [7, 11) is 0. The van der Waals surface area contributed by atoms with E-state index in [4.69, 9.17) is 16.0 Å². The Labute approximate surface area is 141 Å². The Hall–Kier alpha value is -2.31. The van der Waals surface area contributed by atoms with Gasteiger partial charge in [-0.25, -0.2) is 0 Å². The number of hydrogen-bond donors (Lipinski definition) is 0. The first-order chi connectivity index (χ1) is 11.3. The standard InChI is InChI=1S/C16H11ClN4OS/c17-12-5-3-11(4-6-12)10-23-16-19-18-15-8-7-13(20-21(15)16)14-2-1-9-22-14/h1-9H,10H2. The highest BCUT2D eigenvalue weighted by molar-refractivity contribution is 7.98. The highest BCUT2D eigenvalue weighted by Crippen LogP contribution is 2.24. The first kappa shape index (κ1) is 14.3. The van der Waals surface area contributed by atoms with Crippen LogP contribution >= 0.6 is 23.4 Å². The molecule has 5 nitrogen and oxygen atoms in total. The van der Waals surface area contributed by atoms with Gasteiger partial charge in [-0.05, 0) is 42.0 Å². The molecule has 0 N–H and O–H groups in total. The maximum Gasteiger partial charge on any atom is 0.212 e. The van der Waals surface area contributed by atoms with E-state index in [1.54, 1.807) is 22.5 Å². The smallest absolute Gasteiger partial charge is 0.212 e. The van der Waals surface area contributed by atoms with Crippen LogP contribution in [0.4, 0.5) is 0 Å². The monoisotopic (exact) mass is 342 g/mol. The number of rotatable bonds is 4. The van der Waals surface area contributed by atoms with Crippen molar-refractivity contribution >= 4 is 29.0 Å². The summed E-state index contributed by atoms with van der Waals surface area (Å²) in [5, 5.41) is 14.4. The molecule has 0 radical (unpaired) electrons. The third-order valence-corrected chi connectivity index (χ3v) is 4.53. The minimum atomic E-state index is 0.707. The van der Waals surface area contributed by atoms with Crippen LogP contribution in [0.2, 0.25) is 5.02 Å². The lowest BCUT2D eigenvalue weighted by atomic mass is 10.2. The van der Waals surface area contributed by atoms with Gasteiger partial charge in [-0.2, -0.15) is 9.61 Å². The number of nitrogens with zero attached hydrogens (tertiary/aromatic N) is 4. The predicted octanol–water partition coefficient (Wildman–Crippen LogP) is 4.33. The molecule has 4 rings (SSSR count). The minimum absolute atomic E-state index is 0.707. The molecule has 0 aliphatic carbocycles.